The summed E-state index contributed by atoms with van der Waals surface area (Å²) in [4.78, 5) is 25.4. The Morgan fingerprint density at radius 2 is 1.90 bits per heavy atom. The van der Waals surface area contributed by atoms with Crippen molar-refractivity contribution in [2.24, 2.45) is 0 Å². The van der Waals surface area contributed by atoms with E-state index in [0.29, 0.717) is 18.8 Å². The number of halogens is 1. The van der Waals surface area contributed by atoms with E-state index in [-0.39, 0.29) is 28.8 Å². The van der Waals surface area contributed by atoms with Gasteiger partial charge >= 0.3 is 5.97 Å². The number of hydrogen-bond donors (Lipinski definition) is 1. The van der Waals surface area contributed by atoms with Crippen molar-refractivity contribution in [2.45, 2.75) is 13.8 Å². The quantitative estimate of drug-likeness (QED) is 0.641. The van der Waals surface area contributed by atoms with Crippen LogP contribution in [0.1, 0.15) is 24.2 Å². The maximum atomic E-state index is 12.0. The number of benzene rings is 1. The Balaban J connectivity index is 2.81. The summed E-state index contributed by atoms with van der Waals surface area (Å²) >= 11 is 5.88. The molecule has 0 aromatic heterocycles. The number of nitrogen functional groups attached to an aromatic ring is 1. The van der Waals surface area contributed by atoms with Gasteiger partial charge in [-0.05, 0) is 19.9 Å². The average Bonchev–Trinajstić information content (AvgIpc) is 2.48. The van der Waals surface area contributed by atoms with Gasteiger partial charge in [0.1, 0.15) is 11.3 Å². The normalized spacial score (nSPS) is 10.1. The molecule has 0 fully saturated rings. The van der Waals surface area contributed by atoms with Gasteiger partial charge < -0.3 is 20.1 Å². The summed E-state index contributed by atoms with van der Waals surface area (Å²) < 4.78 is 10.1. The summed E-state index contributed by atoms with van der Waals surface area (Å²) in [6, 6.07) is 2.80. The molecule has 21 heavy (non-hydrogen) atoms. The lowest BCUT2D eigenvalue weighted by atomic mass is 10.2. The standard InChI is InChI=1S/C14H19ClN2O4/c1-4-17(5-2)13(18)8-21-14(19)9-6-10(15)11(16)7-12(9)20-3/h6-7H,4-5,8,16H2,1-3H3. The lowest BCUT2D eigenvalue weighted by Crippen LogP contribution is -2.34. The molecule has 1 aromatic carbocycles. The fourth-order valence-corrected chi connectivity index (χ4v) is 1.93. The molecule has 7 heteroatoms. The molecule has 1 amide bonds. The zero-order chi connectivity index (χ0) is 16.0. The molecule has 0 heterocycles. The summed E-state index contributed by atoms with van der Waals surface area (Å²) in [5.41, 5.74) is 6.06. The topological polar surface area (TPSA) is 81.9 Å². The van der Waals surface area contributed by atoms with Gasteiger partial charge in [0.15, 0.2) is 6.61 Å². The number of hydrogen-bond acceptors (Lipinski definition) is 5. The Hall–Kier alpha value is -1.95. The molecule has 0 aliphatic rings. The van der Waals surface area contributed by atoms with Crippen molar-refractivity contribution >= 4 is 29.2 Å². The van der Waals surface area contributed by atoms with Crippen molar-refractivity contribution in [3.63, 3.8) is 0 Å². The Morgan fingerprint density at radius 1 is 1.29 bits per heavy atom. The number of esters is 1. The molecule has 0 radical (unpaired) electrons. The molecule has 1 aromatic rings. The third-order valence-electron chi connectivity index (χ3n) is 2.98. The predicted octanol–water partition coefficient (Wildman–Crippen LogP) is 1.96. The molecule has 0 aliphatic heterocycles. The number of likely N-dealkylation sites (N-methyl/N-ethyl adjacent to an activating group) is 1. The van der Waals surface area contributed by atoms with Crippen LogP contribution >= 0.6 is 11.6 Å². The van der Waals surface area contributed by atoms with E-state index in [1.54, 1.807) is 4.90 Å². The summed E-state index contributed by atoms with van der Waals surface area (Å²) in [6.45, 7) is 4.50. The van der Waals surface area contributed by atoms with Crippen molar-refractivity contribution in [1.29, 1.82) is 0 Å². The van der Waals surface area contributed by atoms with E-state index in [4.69, 9.17) is 26.8 Å². The maximum Gasteiger partial charge on any atom is 0.342 e. The van der Waals surface area contributed by atoms with Gasteiger partial charge in [-0.15, -0.1) is 0 Å². The third-order valence-corrected chi connectivity index (χ3v) is 3.31. The maximum absolute atomic E-state index is 12.0. The molecule has 0 bridgehead atoms. The molecule has 0 spiro atoms. The fourth-order valence-electron chi connectivity index (χ4n) is 1.77. The molecule has 0 aliphatic carbocycles. The Morgan fingerprint density at radius 3 is 2.43 bits per heavy atom. The van der Waals surface area contributed by atoms with E-state index in [1.807, 2.05) is 13.8 Å². The number of nitrogens with zero attached hydrogens (tertiary/aromatic N) is 1. The number of carbonyl (C=O) groups is 2. The molecule has 1 rings (SSSR count). The third kappa shape index (κ3) is 4.26. The lowest BCUT2D eigenvalue weighted by molar-refractivity contribution is -0.134. The zero-order valence-electron chi connectivity index (χ0n) is 12.3. The highest BCUT2D eigenvalue weighted by molar-refractivity contribution is 6.33. The van der Waals surface area contributed by atoms with Crippen molar-refractivity contribution in [3.05, 3.63) is 22.7 Å². The first kappa shape index (κ1) is 17.1. The number of ether oxygens (including phenoxy) is 2. The van der Waals surface area contributed by atoms with E-state index in [2.05, 4.69) is 0 Å². The van der Waals surface area contributed by atoms with Gasteiger partial charge in [0.2, 0.25) is 0 Å². The van der Waals surface area contributed by atoms with Crippen LogP contribution in [0.4, 0.5) is 5.69 Å². The Kier molecular flexibility index (Phi) is 6.30. The number of anilines is 1. The van der Waals surface area contributed by atoms with Gasteiger partial charge in [0.25, 0.3) is 5.91 Å². The van der Waals surface area contributed by atoms with Gasteiger partial charge in [-0.3, -0.25) is 4.79 Å². The van der Waals surface area contributed by atoms with Crippen LogP contribution in [-0.4, -0.2) is 43.6 Å². The van der Waals surface area contributed by atoms with Crippen molar-refractivity contribution in [1.82, 2.24) is 4.90 Å². The van der Waals surface area contributed by atoms with E-state index < -0.39 is 5.97 Å². The highest BCUT2D eigenvalue weighted by atomic mass is 35.5. The van der Waals surface area contributed by atoms with Crippen LogP contribution in [0.15, 0.2) is 12.1 Å². The minimum atomic E-state index is -0.686. The van der Waals surface area contributed by atoms with Gasteiger partial charge in [0, 0.05) is 19.2 Å². The number of amides is 1. The highest BCUT2D eigenvalue weighted by Gasteiger charge is 2.19. The first-order valence-electron chi connectivity index (χ1n) is 6.52. The number of carbonyl (C=O) groups excluding carboxylic acids is 2. The molecule has 6 nitrogen and oxygen atoms in total. The monoisotopic (exact) mass is 314 g/mol. The van der Waals surface area contributed by atoms with E-state index in [0.717, 1.165) is 0 Å². The number of rotatable bonds is 6. The van der Waals surface area contributed by atoms with E-state index in [9.17, 15) is 9.59 Å². The molecule has 0 atom stereocenters. The summed E-state index contributed by atoms with van der Waals surface area (Å²) in [7, 11) is 1.40. The first-order valence-corrected chi connectivity index (χ1v) is 6.90. The van der Waals surface area contributed by atoms with Gasteiger partial charge in [0.05, 0.1) is 17.8 Å². The van der Waals surface area contributed by atoms with Crippen LogP contribution in [0.25, 0.3) is 0 Å². The minimum absolute atomic E-state index is 0.129. The van der Waals surface area contributed by atoms with Crippen molar-refractivity contribution < 1.29 is 19.1 Å². The largest absolute Gasteiger partial charge is 0.496 e. The molecular weight excluding hydrogens is 296 g/mol. The number of methoxy groups -OCH3 is 1. The van der Waals surface area contributed by atoms with Crippen molar-refractivity contribution in [2.75, 3.05) is 32.5 Å². The highest BCUT2D eigenvalue weighted by Crippen LogP contribution is 2.29. The minimum Gasteiger partial charge on any atom is -0.496 e. The molecule has 0 saturated heterocycles. The Bertz CT molecular complexity index is 530. The summed E-state index contributed by atoms with van der Waals surface area (Å²) in [5.74, 6) is -0.694. The molecule has 116 valence electrons. The molecule has 0 unspecified atom stereocenters. The van der Waals surface area contributed by atoms with Crippen LogP contribution < -0.4 is 10.5 Å². The summed E-state index contributed by atoms with van der Waals surface area (Å²) in [5, 5.41) is 0.220. The lowest BCUT2D eigenvalue weighted by Gasteiger charge is -2.18. The summed E-state index contributed by atoms with van der Waals surface area (Å²) in [6.07, 6.45) is 0. The van der Waals surface area contributed by atoms with E-state index in [1.165, 1.54) is 19.2 Å². The smallest absolute Gasteiger partial charge is 0.342 e. The fraction of sp³-hybridized carbons (Fsp3) is 0.429. The average molecular weight is 315 g/mol. The molecule has 2 N–H and O–H groups in total. The molecule has 0 saturated carbocycles. The van der Waals surface area contributed by atoms with Crippen LogP contribution in [0.3, 0.4) is 0 Å². The van der Waals surface area contributed by atoms with E-state index >= 15 is 0 Å². The van der Waals surface area contributed by atoms with Crippen molar-refractivity contribution in [3.8, 4) is 5.75 Å². The van der Waals surface area contributed by atoms with Gasteiger partial charge in [-0.25, -0.2) is 4.79 Å². The predicted molar refractivity (Wildman–Crippen MR) is 80.6 cm³/mol. The van der Waals surface area contributed by atoms with Crippen LogP contribution in [0.2, 0.25) is 5.02 Å². The first-order chi connectivity index (χ1) is 9.94. The number of nitrogens with two attached hydrogens (primary N) is 1. The zero-order valence-corrected chi connectivity index (χ0v) is 13.1. The second-order valence-corrected chi connectivity index (χ2v) is 4.62. The Labute approximate surface area is 128 Å². The van der Waals surface area contributed by atoms with Crippen LogP contribution in [-0.2, 0) is 9.53 Å². The SMILES string of the molecule is CCN(CC)C(=O)COC(=O)c1cc(Cl)c(N)cc1OC. The second kappa shape index (κ2) is 7.73. The van der Waals surface area contributed by atoms with Crippen LogP contribution in [0, 0.1) is 0 Å². The molecular formula is C14H19ClN2O4. The van der Waals surface area contributed by atoms with Crippen LogP contribution in [0.5, 0.6) is 5.75 Å². The second-order valence-electron chi connectivity index (χ2n) is 4.22. The van der Waals surface area contributed by atoms with Gasteiger partial charge in [-0.2, -0.15) is 0 Å². The van der Waals surface area contributed by atoms with Gasteiger partial charge in [-0.1, -0.05) is 11.6 Å².